The number of carbonyl (C=O) groups is 1. The minimum absolute atomic E-state index is 0.0532. The quantitative estimate of drug-likeness (QED) is 0.335. The highest BCUT2D eigenvalue weighted by Gasteiger charge is 2.10. The molecule has 4 heteroatoms. The molecule has 0 fully saturated rings. The fourth-order valence-electron chi connectivity index (χ4n) is 1.64. The van der Waals surface area contributed by atoms with Crippen molar-refractivity contribution in [1.29, 1.82) is 0 Å². The Kier molecular flexibility index (Phi) is 6.23. The van der Waals surface area contributed by atoms with Gasteiger partial charge < -0.3 is 5.73 Å². The monoisotopic (exact) mass is 285 g/mol. The Labute approximate surface area is 118 Å². The van der Waals surface area contributed by atoms with E-state index < -0.39 is 0 Å². The number of benzene rings is 1. The first-order chi connectivity index (χ1) is 8.56. The van der Waals surface area contributed by atoms with Gasteiger partial charge in [-0.1, -0.05) is 35.7 Å². The summed E-state index contributed by atoms with van der Waals surface area (Å²) in [5.41, 5.74) is 6.47. The Hall–Kier alpha value is -0.990. The van der Waals surface area contributed by atoms with Crippen molar-refractivity contribution in [3.8, 4) is 0 Å². The maximum absolute atomic E-state index is 11.9. The van der Waals surface area contributed by atoms with Crippen LogP contribution in [0.3, 0.4) is 0 Å². The van der Waals surface area contributed by atoms with Gasteiger partial charge in [0.1, 0.15) is 0 Å². The minimum Gasteiger partial charge on any atom is -0.396 e. The van der Waals surface area contributed by atoms with E-state index in [-0.39, 0.29) is 5.78 Å². The van der Waals surface area contributed by atoms with E-state index in [1.807, 2.05) is 6.08 Å². The van der Waals surface area contributed by atoms with Crippen molar-refractivity contribution in [2.45, 2.75) is 32.1 Å². The van der Waals surface area contributed by atoms with Crippen molar-refractivity contribution >= 4 is 34.7 Å². The van der Waals surface area contributed by atoms with Crippen molar-refractivity contribution in [3.05, 3.63) is 40.4 Å². The summed E-state index contributed by atoms with van der Waals surface area (Å²) in [7, 11) is 0. The van der Waals surface area contributed by atoms with E-state index in [2.05, 4.69) is 6.58 Å². The van der Waals surface area contributed by atoms with Crippen LogP contribution >= 0.6 is 23.2 Å². The van der Waals surface area contributed by atoms with Crippen LogP contribution in [-0.4, -0.2) is 5.78 Å². The highest BCUT2D eigenvalue weighted by atomic mass is 35.5. The molecule has 98 valence electrons. The van der Waals surface area contributed by atoms with Crippen LogP contribution in [-0.2, 0) is 0 Å². The summed E-state index contributed by atoms with van der Waals surface area (Å²) in [6.07, 6.45) is 6.35. The second-order valence-corrected chi connectivity index (χ2v) is 4.98. The largest absolute Gasteiger partial charge is 0.396 e. The number of allylic oxidation sites excluding steroid dienone is 1. The Balaban J connectivity index is 2.54. The number of unbranched alkanes of at least 4 members (excludes halogenated alkanes) is 3. The molecule has 0 aliphatic carbocycles. The first kappa shape index (κ1) is 15.1. The predicted molar refractivity (Wildman–Crippen MR) is 78.5 cm³/mol. The minimum atomic E-state index is 0.0532. The number of nitrogen functional groups attached to an aromatic ring is 1. The molecule has 2 nitrogen and oxygen atoms in total. The summed E-state index contributed by atoms with van der Waals surface area (Å²) >= 11 is 11.8. The molecule has 1 aromatic rings. The van der Waals surface area contributed by atoms with E-state index in [9.17, 15) is 4.79 Å². The number of ketones is 1. The van der Waals surface area contributed by atoms with Crippen molar-refractivity contribution < 1.29 is 4.79 Å². The molecule has 0 spiro atoms. The number of halogens is 2. The first-order valence-electron chi connectivity index (χ1n) is 5.95. The van der Waals surface area contributed by atoms with Gasteiger partial charge in [-0.25, -0.2) is 0 Å². The molecule has 0 heterocycles. The summed E-state index contributed by atoms with van der Waals surface area (Å²) in [4.78, 5) is 11.9. The summed E-state index contributed by atoms with van der Waals surface area (Å²) < 4.78 is 0. The lowest BCUT2D eigenvalue weighted by Crippen LogP contribution is -2.00. The molecule has 1 aromatic carbocycles. The molecule has 0 saturated carbocycles. The molecule has 1 rings (SSSR count). The average Bonchev–Trinajstić information content (AvgIpc) is 2.34. The standard InChI is InChI=1S/C14H17Cl2NO/c1-2-3-4-5-6-7-13(18)10-8-11(15)14(17)12(16)9-10/h2,8-9H,1,3-7,17H2. The van der Waals surface area contributed by atoms with Gasteiger partial charge in [-0.05, 0) is 31.4 Å². The number of anilines is 1. The van der Waals surface area contributed by atoms with Gasteiger partial charge in [0.2, 0.25) is 0 Å². The number of carbonyl (C=O) groups excluding carboxylic acids is 1. The van der Waals surface area contributed by atoms with Gasteiger partial charge in [-0.2, -0.15) is 0 Å². The van der Waals surface area contributed by atoms with Gasteiger partial charge in [0.05, 0.1) is 15.7 Å². The second kappa shape index (κ2) is 7.45. The third-order valence-corrected chi connectivity index (χ3v) is 3.34. The van der Waals surface area contributed by atoms with Gasteiger partial charge in [0.15, 0.2) is 5.78 Å². The smallest absolute Gasteiger partial charge is 0.162 e. The molecule has 0 unspecified atom stereocenters. The molecule has 0 bridgehead atoms. The van der Waals surface area contributed by atoms with E-state index in [0.29, 0.717) is 27.7 Å². The van der Waals surface area contributed by atoms with Crippen LogP contribution in [0, 0.1) is 0 Å². The van der Waals surface area contributed by atoms with E-state index in [1.54, 1.807) is 12.1 Å². The average molecular weight is 286 g/mol. The maximum atomic E-state index is 11.9. The van der Waals surface area contributed by atoms with Gasteiger partial charge >= 0.3 is 0 Å². The Morgan fingerprint density at radius 1 is 1.22 bits per heavy atom. The zero-order valence-electron chi connectivity index (χ0n) is 10.2. The van der Waals surface area contributed by atoms with Gasteiger partial charge in [-0.15, -0.1) is 6.58 Å². The molecule has 0 amide bonds. The van der Waals surface area contributed by atoms with E-state index in [0.717, 1.165) is 25.7 Å². The Morgan fingerprint density at radius 3 is 2.39 bits per heavy atom. The van der Waals surface area contributed by atoms with Crippen LogP contribution in [0.25, 0.3) is 0 Å². The number of hydrogen-bond donors (Lipinski definition) is 1. The molecule has 2 N–H and O–H groups in total. The predicted octanol–water partition coefficient (Wildman–Crippen LogP) is 4.89. The number of rotatable bonds is 7. The summed E-state index contributed by atoms with van der Waals surface area (Å²) in [6.45, 7) is 3.66. The van der Waals surface area contributed by atoms with E-state index >= 15 is 0 Å². The van der Waals surface area contributed by atoms with Crippen LogP contribution in [0.2, 0.25) is 10.0 Å². The Morgan fingerprint density at radius 2 is 1.83 bits per heavy atom. The van der Waals surface area contributed by atoms with Gasteiger partial charge in [0, 0.05) is 12.0 Å². The van der Waals surface area contributed by atoms with Crippen LogP contribution in [0.15, 0.2) is 24.8 Å². The number of hydrogen-bond acceptors (Lipinski definition) is 2. The van der Waals surface area contributed by atoms with E-state index in [4.69, 9.17) is 28.9 Å². The Bertz CT molecular complexity index is 420. The molecule has 0 aromatic heterocycles. The zero-order valence-corrected chi connectivity index (χ0v) is 11.7. The molecule has 0 aliphatic heterocycles. The van der Waals surface area contributed by atoms with E-state index in [1.165, 1.54) is 0 Å². The summed E-state index contributed by atoms with van der Waals surface area (Å²) in [6, 6.07) is 3.16. The molecule has 0 atom stereocenters. The van der Waals surface area contributed by atoms with Crippen LogP contribution in [0.1, 0.15) is 42.5 Å². The SMILES string of the molecule is C=CCCCCCC(=O)c1cc(Cl)c(N)c(Cl)c1. The van der Waals surface area contributed by atoms with Crippen LogP contribution in [0.5, 0.6) is 0 Å². The summed E-state index contributed by atoms with van der Waals surface area (Å²) in [5.74, 6) is 0.0532. The lowest BCUT2D eigenvalue weighted by Gasteiger charge is -2.05. The molecular formula is C14H17Cl2NO. The number of nitrogens with two attached hydrogens (primary N) is 1. The first-order valence-corrected chi connectivity index (χ1v) is 6.70. The highest BCUT2D eigenvalue weighted by Crippen LogP contribution is 2.29. The maximum Gasteiger partial charge on any atom is 0.162 e. The van der Waals surface area contributed by atoms with Crippen molar-refractivity contribution in [2.24, 2.45) is 0 Å². The van der Waals surface area contributed by atoms with Crippen molar-refractivity contribution in [2.75, 3.05) is 5.73 Å². The fraction of sp³-hybridized carbons (Fsp3) is 0.357. The summed E-state index contributed by atoms with van der Waals surface area (Å²) in [5, 5.41) is 0.662. The van der Waals surface area contributed by atoms with Crippen molar-refractivity contribution in [3.63, 3.8) is 0 Å². The molecular weight excluding hydrogens is 269 g/mol. The lowest BCUT2D eigenvalue weighted by atomic mass is 10.0. The molecule has 0 saturated heterocycles. The third-order valence-electron chi connectivity index (χ3n) is 2.71. The molecule has 0 radical (unpaired) electrons. The second-order valence-electron chi connectivity index (χ2n) is 4.16. The zero-order chi connectivity index (χ0) is 13.5. The van der Waals surface area contributed by atoms with Gasteiger partial charge in [0.25, 0.3) is 0 Å². The van der Waals surface area contributed by atoms with Crippen molar-refractivity contribution in [1.82, 2.24) is 0 Å². The molecule has 0 aliphatic rings. The normalized spacial score (nSPS) is 10.3. The highest BCUT2D eigenvalue weighted by molar-refractivity contribution is 6.39. The fourth-order valence-corrected chi connectivity index (χ4v) is 2.13. The lowest BCUT2D eigenvalue weighted by molar-refractivity contribution is 0.0979. The van der Waals surface area contributed by atoms with Gasteiger partial charge in [-0.3, -0.25) is 4.79 Å². The van der Waals surface area contributed by atoms with Crippen LogP contribution < -0.4 is 5.73 Å². The topological polar surface area (TPSA) is 43.1 Å². The van der Waals surface area contributed by atoms with Crippen LogP contribution in [0.4, 0.5) is 5.69 Å². The number of Topliss-reactive ketones (excluding diaryl/α,β-unsaturated/α-hetero) is 1. The molecule has 18 heavy (non-hydrogen) atoms. The third kappa shape index (κ3) is 4.35.